The molecule has 0 aliphatic carbocycles. The minimum Gasteiger partial charge on any atom is -0.352 e. The fourth-order valence-electron chi connectivity index (χ4n) is 3.18. The number of thiazole rings is 1. The molecule has 0 saturated carbocycles. The van der Waals surface area contributed by atoms with Crippen LogP contribution in [0.3, 0.4) is 0 Å². The molecule has 0 saturated heterocycles. The first-order chi connectivity index (χ1) is 16.0. The van der Waals surface area contributed by atoms with Gasteiger partial charge in [-0.1, -0.05) is 53.4 Å². The molecular weight excluding hydrogens is 464 g/mol. The number of thioether (sulfide) groups is 1. The summed E-state index contributed by atoms with van der Waals surface area (Å²) in [6, 6.07) is 22.6. The van der Waals surface area contributed by atoms with Gasteiger partial charge in [-0.05, 0) is 48.5 Å². The molecule has 0 aliphatic heterocycles. The van der Waals surface area contributed by atoms with Crippen LogP contribution in [0.15, 0.2) is 83.8 Å². The second-order valence-corrected chi connectivity index (χ2v) is 9.01. The van der Waals surface area contributed by atoms with Crippen molar-refractivity contribution in [3.63, 3.8) is 0 Å². The van der Waals surface area contributed by atoms with Crippen molar-refractivity contribution in [1.82, 2.24) is 10.3 Å². The molecule has 4 aromatic rings. The number of nitrogens with zero attached hydrogens (tertiary/aromatic N) is 2. The molecule has 1 aromatic heterocycles. The third-order valence-corrected chi connectivity index (χ3v) is 6.45. The van der Waals surface area contributed by atoms with E-state index in [4.69, 9.17) is 0 Å². The molecule has 2 amide bonds. The molecule has 4 rings (SSSR count). The first-order valence-corrected chi connectivity index (χ1v) is 11.8. The first-order valence-electron chi connectivity index (χ1n) is 10.1. The maximum atomic E-state index is 13.2. The zero-order chi connectivity index (χ0) is 23.2. The number of amides is 2. The molecule has 9 heteroatoms. The number of carbonyl (C=O) groups is 2. The molecular formula is C24H19F2N3O2S2. The summed E-state index contributed by atoms with van der Waals surface area (Å²) in [7, 11) is 0. The molecule has 0 unspecified atom stereocenters. The fourth-order valence-corrected chi connectivity index (χ4v) is 4.68. The van der Waals surface area contributed by atoms with Crippen LogP contribution < -0.4 is 10.2 Å². The number of alkyl halides is 2. The second kappa shape index (κ2) is 10.5. The predicted molar refractivity (Wildman–Crippen MR) is 128 cm³/mol. The summed E-state index contributed by atoms with van der Waals surface area (Å²) in [6.45, 7) is 0.146. The van der Waals surface area contributed by atoms with E-state index in [9.17, 15) is 18.4 Å². The van der Waals surface area contributed by atoms with Crippen molar-refractivity contribution >= 4 is 55.9 Å². The average Bonchev–Trinajstić information content (AvgIpc) is 3.24. The lowest BCUT2D eigenvalue weighted by atomic mass is 10.2. The lowest BCUT2D eigenvalue weighted by Crippen LogP contribution is -2.31. The molecule has 0 radical (unpaired) electrons. The molecule has 5 nitrogen and oxygen atoms in total. The monoisotopic (exact) mass is 483 g/mol. The minimum atomic E-state index is -2.52. The number of fused-ring (bicyclic) bond motifs is 1. The van der Waals surface area contributed by atoms with E-state index < -0.39 is 5.76 Å². The Morgan fingerprint density at radius 1 is 0.970 bits per heavy atom. The van der Waals surface area contributed by atoms with Crippen LogP contribution in [-0.2, 0) is 4.79 Å². The third kappa shape index (κ3) is 5.74. The van der Waals surface area contributed by atoms with Gasteiger partial charge in [0.1, 0.15) is 0 Å². The van der Waals surface area contributed by atoms with Gasteiger partial charge >= 0.3 is 0 Å². The summed E-state index contributed by atoms with van der Waals surface area (Å²) in [6.07, 6.45) is 0.0437. The third-order valence-electron chi connectivity index (χ3n) is 4.70. The quantitative estimate of drug-likeness (QED) is 0.308. The molecule has 3 aromatic carbocycles. The topological polar surface area (TPSA) is 62.3 Å². The van der Waals surface area contributed by atoms with Crippen LogP contribution in [0.5, 0.6) is 0 Å². The van der Waals surface area contributed by atoms with Crippen LogP contribution in [0.4, 0.5) is 19.6 Å². The highest BCUT2D eigenvalue weighted by Gasteiger charge is 2.22. The Kier molecular flexibility index (Phi) is 7.31. The number of anilines is 2. The summed E-state index contributed by atoms with van der Waals surface area (Å²) >= 11 is 1.81. The molecule has 1 N–H and O–H groups in total. The van der Waals surface area contributed by atoms with Gasteiger partial charge in [-0.25, -0.2) is 4.98 Å². The number of carbonyl (C=O) groups excluding carboxylic acids is 2. The largest absolute Gasteiger partial charge is 0.352 e. The van der Waals surface area contributed by atoms with Crippen molar-refractivity contribution in [1.29, 1.82) is 0 Å². The summed E-state index contributed by atoms with van der Waals surface area (Å²) in [5, 5.41) is 3.23. The molecule has 0 bridgehead atoms. The normalized spacial score (nSPS) is 11.0. The van der Waals surface area contributed by atoms with E-state index in [0.29, 0.717) is 33.0 Å². The predicted octanol–water partition coefficient (Wildman–Crippen LogP) is 6.10. The van der Waals surface area contributed by atoms with Crippen LogP contribution in [0.25, 0.3) is 10.2 Å². The highest BCUT2D eigenvalue weighted by molar-refractivity contribution is 7.99. The van der Waals surface area contributed by atoms with Gasteiger partial charge in [0.05, 0.1) is 15.9 Å². The van der Waals surface area contributed by atoms with Gasteiger partial charge < -0.3 is 5.32 Å². The van der Waals surface area contributed by atoms with Crippen LogP contribution in [0.1, 0.15) is 16.8 Å². The maximum absolute atomic E-state index is 13.2. The van der Waals surface area contributed by atoms with Crippen LogP contribution in [-0.4, -0.2) is 29.1 Å². The van der Waals surface area contributed by atoms with E-state index in [2.05, 4.69) is 10.3 Å². The first kappa shape index (κ1) is 22.9. The zero-order valence-corrected chi connectivity index (χ0v) is 18.9. The number of para-hydroxylation sites is 1. The van der Waals surface area contributed by atoms with E-state index in [1.807, 2.05) is 30.3 Å². The Bertz CT molecular complexity index is 1210. The van der Waals surface area contributed by atoms with Gasteiger partial charge in [-0.2, -0.15) is 8.78 Å². The Balaban J connectivity index is 1.54. The molecule has 33 heavy (non-hydrogen) atoms. The van der Waals surface area contributed by atoms with Gasteiger partial charge in [0.2, 0.25) is 5.91 Å². The Hall–Kier alpha value is -3.30. The summed E-state index contributed by atoms with van der Waals surface area (Å²) in [5.41, 5.74) is 1.80. The number of halogens is 2. The van der Waals surface area contributed by atoms with E-state index in [1.54, 1.807) is 48.5 Å². The van der Waals surface area contributed by atoms with E-state index >= 15 is 0 Å². The SMILES string of the molecule is O=C(NCCC(=O)N(c1ccc(SC(F)F)cc1)c1nc2ccccc2s1)c1ccccc1. The van der Waals surface area contributed by atoms with E-state index in [1.165, 1.54) is 16.2 Å². The number of hydrogen-bond donors (Lipinski definition) is 1. The van der Waals surface area contributed by atoms with E-state index in [-0.39, 0.29) is 24.8 Å². The fraction of sp³-hybridized carbons (Fsp3) is 0.125. The van der Waals surface area contributed by atoms with Crippen LogP contribution in [0.2, 0.25) is 0 Å². The average molecular weight is 484 g/mol. The lowest BCUT2D eigenvalue weighted by Gasteiger charge is -2.20. The summed E-state index contributed by atoms with van der Waals surface area (Å²) in [4.78, 5) is 31.9. The van der Waals surface area contributed by atoms with Gasteiger partial charge in [0.25, 0.3) is 11.7 Å². The number of nitrogens with one attached hydrogen (secondary N) is 1. The Labute approximate surface area is 197 Å². The van der Waals surface area contributed by atoms with E-state index in [0.717, 1.165) is 10.2 Å². The van der Waals surface area contributed by atoms with Crippen molar-refractivity contribution < 1.29 is 18.4 Å². The van der Waals surface area contributed by atoms with Gasteiger partial charge in [0.15, 0.2) is 5.13 Å². The van der Waals surface area contributed by atoms with Gasteiger partial charge in [-0.15, -0.1) is 0 Å². The van der Waals surface area contributed by atoms with Crippen molar-refractivity contribution in [3.05, 3.63) is 84.4 Å². The highest BCUT2D eigenvalue weighted by Crippen LogP contribution is 2.35. The van der Waals surface area contributed by atoms with Crippen molar-refractivity contribution in [2.45, 2.75) is 17.1 Å². The summed E-state index contributed by atoms with van der Waals surface area (Å²) < 4.78 is 26.3. The molecule has 1 heterocycles. The van der Waals surface area contributed by atoms with Crippen molar-refractivity contribution in [2.24, 2.45) is 0 Å². The Morgan fingerprint density at radius 2 is 1.67 bits per heavy atom. The molecule has 168 valence electrons. The van der Waals surface area contributed by atoms with Gasteiger partial charge in [0, 0.05) is 23.4 Å². The maximum Gasteiger partial charge on any atom is 0.288 e. The number of aromatic nitrogens is 1. The van der Waals surface area contributed by atoms with Crippen LogP contribution >= 0.6 is 23.1 Å². The highest BCUT2D eigenvalue weighted by atomic mass is 32.2. The van der Waals surface area contributed by atoms with Crippen molar-refractivity contribution in [2.75, 3.05) is 11.4 Å². The smallest absolute Gasteiger partial charge is 0.288 e. The summed E-state index contributed by atoms with van der Waals surface area (Å²) in [5.74, 6) is -3.05. The Morgan fingerprint density at radius 3 is 2.36 bits per heavy atom. The number of rotatable bonds is 8. The lowest BCUT2D eigenvalue weighted by molar-refractivity contribution is -0.117. The minimum absolute atomic E-state index is 0.0437. The molecule has 0 atom stereocenters. The van der Waals surface area contributed by atoms with Gasteiger partial charge in [-0.3, -0.25) is 14.5 Å². The second-order valence-electron chi connectivity index (χ2n) is 6.94. The number of hydrogen-bond acceptors (Lipinski definition) is 5. The number of benzene rings is 3. The molecule has 0 aliphatic rings. The molecule has 0 fully saturated rings. The molecule has 0 spiro atoms. The zero-order valence-electron chi connectivity index (χ0n) is 17.3. The standard InChI is InChI=1S/C24H19F2N3O2S2/c25-23(26)32-18-12-10-17(11-13-18)29(24-28-19-8-4-5-9-20(19)33-24)21(30)14-15-27-22(31)16-6-2-1-3-7-16/h1-13,23H,14-15H2,(H,27,31). The van der Waals surface area contributed by atoms with Crippen molar-refractivity contribution in [3.8, 4) is 0 Å². The van der Waals surface area contributed by atoms with Crippen LogP contribution in [0, 0.1) is 0 Å².